The maximum absolute atomic E-state index is 12.9. The van der Waals surface area contributed by atoms with Gasteiger partial charge in [-0.2, -0.15) is 0 Å². The Morgan fingerprint density at radius 1 is 1.56 bits per heavy atom. The van der Waals surface area contributed by atoms with Crippen molar-refractivity contribution in [3.63, 3.8) is 0 Å². The first kappa shape index (κ1) is 11.2. The van der Waals surface area contributed by atoms with Gasteiger partial charge in [0.05, 0.1) is 12.6 Å². The summed E-state index contributed by atoms with van der Waals surface area (Å²) in [5, 5.41) is 9.34. The molecule has 1 aliphatic heterocycles. The highest BCUT2D eigenvalue weighted by Crippen LogP contribution is 2.29. The summed E-state index contributed by atoms with van der Waals surface area (Å²) in [7, 11) is 1.68. The van der Waals surface area contributed by atoms with Gasteiger partial charge < -0.3 is 14.7 Å². The first-order valence-corrected chi connectivity index (χ1v) is 5.46. The molecule has 0 aromatic heterocycles. The van der Waals surface area contributed by atoms with Crippen molar-refractivity contribution in [1.29, 1.82) is 0 Å². The molecular formula is C12H16FNO2. The average Bonchev–Trinajstić information content (AvgIpc) is 2.71. The van der Waals surface area contributed by atoms with Crippen LogP contribution in [0.4, 0.5) is 10.1 Å². The second kappa shape index (κ2) is 4.70. The molecule has 1 aromatic carbocycles. The number of benzene rings is 1. The van der Waals surface area contributed by atoms with Gasteiger partial charge in [0.2, 0.25) is 0 Å². The molecule has 0 amide bonds. The molecule has 16 heavy (non-hydrogen) atoms. The van der Waals surface area contributed by atoms with Crippen molar-refractivity contribution in [2.75, 3.05) is 25.2 Å². The third-order valence-corrected chi connectivity index (χ3v) is 3.00. The van der Waals surface area contributed by atoms with Crippen LogP contribution in [0.2, 0.25) is 0 Å². The summed E-state index contributed by atoms with van der Waals surface area (Å²) in [6.45, 7) is 1.59. The molecule has 0 saturated carbocycles. The van der Waals surface area contributed by atoms with Gasteiger partial charge in [0, 0.05) is 25.4 Å². The number of anilines is 1. The molecule has 1 saturated heterocycles. The van der Waals surface area contributed by atoms with Crippen LogP contribution in [0.15, 0.2) is 18.2 Å². The third kappa shape index (κ3) is 2.11. The molecule has 1 fully saturated rings. The van der Waals surface area contributed by atoms with Crippen LogP contribution in [0.1, 0.15) is 12.8 Å². The van der Waals surface area contributed by atoms with Gasteiger partial charge >= 0.3 is 0 Å². The SMILES string of the molecule is COCC1CCCN1c1ccc(F)c(O)c1. The Morgan fingerprint density at radius 2 is 2.38 bits per heavy atom. The van der Waals surface area contributed by atoms with Crippen molar-refractivity contribution in [1.82, 2.24) is 0 Å². The Labute approximate surface area is 94.4 Å². The number of ether oxygens (including phenoxy) is 1. The molecule has 3 nitrogen and oxygen atoms in total. The Balaban J connectivity index is 2.19. The van der Waals surface area contributed by atoms with Gasteiger partial charge in [0.15, 0.2) is 11.6 Å². The number of hydrogen-bond donors (Lipinski definition) is 1. The summed E-state index contributed by atoms with van der Waals surface area (Å²) in [6.07, 6.45) is 2.18. The molecule has 1 heterocycles. The highest BCUT2D eigenvalue weighted by molar-refractivity contribution is 5.52. The standard InChI is InChI=1S/C12H16FNO2/c1-16-8-10-3-2-6-14(10)9-4-5-11(13)12(15)7-9/h4-5,7,10,15H,2-3,6,8H2,1H3. The summed E-state index contributed by atoms with van der Waals surface area (Å²) >= 11 is 0. The van der Waals surface area contributed by atoms with Crippen LogP contribution >= 0.6 is 0 Å². The zero-order chi connectivity index (χ0) is 11.5. The predicted molar refractivity (Wildman–Crippen MR) is 60.3 cm³/mol. The summed E-state index contributed by atoms with van der Waals surface area (Å²) in [6, 6.07) is 4.80. The fourth-order valence-electron chi connectivity index (χ4n) is 2.22. The number of phenolic OH excluding ortho intramolecular Hbond substituents is 1. The quantitative estimate of drug-likeness (QED) is 0.855. The summed E-state index contributed by atoms with van der Waals surface area (Å²) in [4.78, 5) is 2.16. The zero-order valence-electron chi connectivity index (χ0n) is 9.32. The van der Waals surface area contributed by atoms with Crippen molar-refractivity contribution in [3.8, 4) is 5.75 Å². The van der Waals surface area contributed by atoms with E-state index < -0.39 is 5.82 Å². The van der Waals surface area contributed by atoms with Crippen LogP contribution in [0, 0.1) is 5.82 Å². The molecule has 1 unspecified atom stereocenters. The molecule has 1 aliphatic rings. The van der Waals surface area contributed by atoms with Gasteiger partial charge in [-0.05, 0) is 25.0 Å². The number of aromatic hydroxyl groups is 1. The number of phenols is 1. The lowest BCUT2D eigenvalue weighted by Crippen LogP contribution is -2.32. The number of methoxy groups -OCH3 is 1. The van der Waals surface area contributed by atoms with Gasteiger partial charge in [0.1, 0.15) is 0 Å². The predicted octanol–water partition coefficient (Wildman–Crippen LogP) is 2.15. The van der Waals surface area contributed by atoms with E-state index in [4.69, 9.17) is 4.74 Å². The zero-order valence-corrected chi connectivity index (χ0v) is 9.32. The minimum atomic E-state index is -0.578. The fraction of sp³-hybridized carbons (Fsp3) is 0.500. The lowest BCUT2D eigenvalue weighted by atomic mass is 10.2. The summed E-state index contributed by atoms with van der Waals surface area (Å²) in [5.74, 6) is -0.869. The fourth-order valence-corrected chi connectivity index (χ4v) is 2.22. The lowest BCUT2D eigenvalue weighted by molar-refractivity contribution is 0.181. The van der Waals surface area contributed by atoms with Gasteiger partial charge in [-0.25, -0.2) is 4.39 Å². The largest absolute Gasteiger partial charge is 0.505 e. The van der Waals surface area contributed by atoms with E-state index in [0.717, 1.165) is 25.1 Å². The molecule has 0 spiro atoms. The third-order valence-electron chi connectivity index (χ3n) is 3.00. The summed E-state index contributed by atoms with van der Waals surface area (Å²) < 4.78 is 18.1. The molecule has 0 radical (unpaired) electrons. The Morgan fingerprint density at radius 3 is 3.06 bits per heavy atom. The minimum Gasteiger partial charge on any atom is -0.505 e. The van der Waals surface area contributed by atoms with Crippen molar-refractivity contribution < 1.29 is 14.2 Å². The maximum Gasteiger partial charge on any atom is 0.164 e. The molecule has 0 bridgehead atoms. The average molecular weight is 225 g/mol. The van der Waals surface area contributed by atoms with E-state index in [2.05, 4.69) is 4.90 Å². The number of hydrogen-bond acceptors (Lipinski definition) is 3. The first-order valence-electron chi connectivity index (χ1n) is 5.46. The molecule has 88 valence electrons. The van der Waals surface area contributed by atoms with Crippen LogP contribution in [0.25, 0.3) is 0 Å². The van der Waals surface area contributed by atoms with Crippen LogP contribution < -0.4 is 4.90 Å². The molecule has 4 heteroatoms. The van der Waals surface area contributed by atoms with Crippen molar-refractivity contribution in [2.45, 2.75) is 18.9 Å². The van der Waals surface area contributed by atoms with Crippen LogP contribution in [0.5, 0.6) is 5.75 Å². The van der Waals surface area contributed by atoms with E-state index in [9.17, 15) is 9.50 Å². The summed E-state index contributed by atoms with van der Waals surface area (Å²) in [5.41, 5.74) is 0.860. The van der Waals surface area contributed by atoms with E-state index in [0.29, 0.717) is 12.6 Å². The molecule has 1 atom stereocenters. The van der Waals surface area contributed by atoms with Crippen LogP contribution in [-0.4, -0.2) is 31.4 Å². The van der Waals surface area contributed by atoms with Gasteiger partial charge in [-0.15, -0.1) is 0 Å². The minimum absolute atomic E-state index is 0.291. The second-order valence-corrected chi connectivity index (χ2v) is 4.08. The molecule has 1 N–H and O–H groups in total. The molecule has 1 aromatic rings. The van der Waals surface area contributed by atoms with E-state index in [1.165, 1.54) is 12.1 Å². The Bertz CT molecular complexity index is 370. The number of nitrogens with zero attached hydrogens (tertiary/aromatic N) is 1. The first-order chi connectivity index (χ1) is 7.72. The number of halogens is 1. The highest BCUT2D eigenvalue weighted by Gasteiger charge is 2.24. The number of rotatable bonds is 3. The normalized spacial score (nSPS) is 20.4. The smallest absolute Gasteiger partial charge is 0.164 e. The van der Waals surface area contributed by atoms with Crippen molar-refractivity contribution in [2.24, 2.45) is 0 Å². The van der Waals surface area contributed by atoms with Crippen LogP contribution in [0.3, 0.4) is 0 Å². The molecular weight excluding hydrogens is 209 g/mol. The Hall–Kier alpha value is -1.29. The van der Waals surface area contributed by atoms with Crippen LogP contribution in [-0.2, 0) is 4.74 Å². The maximum atomic E-state index is 12.9. The van der Waals surface area contributed by atoms with Gasteiger partial charge in [0.25, 0.3) is 0 Å². The second-order valence-electron chi connectivity index (χ2n) is 4.08. The van der Waals surface area contributed by atoms with Crippen molar-refractivity contribution in [3.05, 3.63) is 24.0 Å². The van der Waals surface area contributed by atoms with Gasteiger partial charge in [-0.3, -0.25) is 0 Å². The monoisotopic (exact) mass is 225 g/mol. The van der Waals surface area contributed by atoms with Gasteiger partial charge in [-0.1, -0.05) is 0 Å². The highest BCUT2D eigenvalue weighted by atomic mass is 19.1. The Kier molecular flexibility index (Phi) is 3.29. The molecule has 0 aliphatic carbocycles. The topological polar surface area (TPSA) is 32.7 Å². The lowest BCUT2D eigenvalue weighted by Gasteiger charge is -2.26. The van der Waals surface area contributed by atoms with E-state index >= 15 is 0 Å². The van der Waals surface area contributed by atoms with E-state index in [1.807, 2.05) is 0 Å². The van der Waals surface area contributed by atoms with E-state index in [1.54, 1.807) is 13.2 Å². The van der Waals surface area contributed by atoms with Crippen molar-refractivity contribution >= 4 is 5.69 Å². The molecule has 2 rings (SSSR count). The van der Waals surface area contributed by atoms with E-state index in [-0.39, 0.29) is 5.75 Å².